The molecule has 11 heteroatoms. The summed E-state index contributed by atoms with van der Waals surface area (Å²) < 4.78 is 7.28. The fraction of sp³-hybridized carbons (Fsp3) is 0.483. The third-order valence-electron chi connectivity index (χ3n) is 7.92. The van der Waals surface area contributed by atoms with Crippen molar-refractivity contribution >= 4 is 39.3 Å². The van der Waals surface area contributed by atoms with Gasteiger partial charge in [0.25, 0.3) is 11.5 Å². The van der Waals surface area contributed by atoms with Gasteiger partial charge in [-0.05, 0) is 68.2 Å². The van der Waals surface area contributed by atoms with Gasteiger partial charge in [0.1, 0.15) is 17.1 Å². The van der Waals surface area contributed by atoms with Crippen LogP contribution in [0.1, 0.15) is 54.4 Å². The molecule has 1 saturated heterocycles. The lowest BCUT2D eigenvalue weighted by Gasteiger charge is -2.41. The molecule has 1 fully saturated rings. The van der Waals surface area contributed by atoms with E-state index in [2.05, 4.69) is 15.6 Å². The molecule has 0 radical (unpaired) electrons. The van der Waals surface area contributed by atoms with Gasteiger partial charge in [-0.3, -0.25) is 23.7 Å². The first kappa shape index (κ1) is 27.8. The minimum Gasteiger partial charge on any atom is -0.493 e. The van der Waals surface area contributed by atoms with E-state index in [-0.39, 0.29) is 29.8 Å². The lowest BCUT2D eigenvalue weighted by atomic mass is 9.73. The van der Waals surface area contributed by atoms with E-state index in [1.807, 2.05) is 24.4 Å². The number of nitrogens with zero attached hydrogens (tertiary/aromatic N) is 3. The maximum absolute atomic E-state index is 13.5. The van der Waals surface area contributed by atoms with Crippen molar-refractivity contribution < 1.29 is 19.1 Å². The Morgan fingerprint density at radius 2 is 1.85 bits per heavy atom. The molecule has 2 aliphatic heterocycles. The van der Waals surface area contributed by atoms with Gasteiger partial charge >= 0.3 is 0 Å². The third-order valence-corrected chi connectivity index (χ3v) is 8.75. The summed E-state index contributed by atoms with van der Waals surface area (Å²) in [7, 11) is 0. The smallest absolute Gasteiger partial charge is 0.262 e. The summed E-state index contributed by atoms with van der Waals surface area (Å²) in [6, 6.07) is 7.28. The Morgan fingerprint density at radius 1 is 1.05 bits per heavy atom. The Labute approximate surface area is 236 Å². The van der Waals surface area contributed by atoms with E-state index < -0.39 is 5.41 Å². The number of aromatic nitrogens is 2. The van der Waals surface area contributed by atoms with E-state index in [1.165, 1.54) is 22.2 Å². The van der Waals surface area contributed by atoms with E-state index in [0.29, 0.717) is 80.0 Å². The number of rotatable bonds is 2. The monoisotopic (exact) mass is 565 g/mol. The molecule has 2 aromatic heterocycles. The Hall–Kier alpha value is -3.73. The van der Waals surface area contributed by atoms with Crippen LogP contribution in [0.3, 0.4) is 0 Å². The summed E-state index contributed by atoms with van der Waals surface area (Å²) >= 11 is 1.39. The fourth-order valence-corrected chi connectivity index (χ4v) is 6.22. The molecular weight excluding hydrogens is 530 g/mol. The van der Waals surface area contributed by atoms with Crippen molar-refractivity contribution in [2.75, 3.05) is 32.8 Å². The molecule has 0 saturated carbocycles. The predicted octanol–water partition coefficient (Wildman–Crippen LogP) is 2.87. The molecule has 3 aromatic rings. The van der Waals surface area contributed by atoms with Gasteiger partial charge in [-0.1, -0.05) is 12.5 Å². The van der Waals surface area contributed by atoms with E-state index in [0.717, 1.165) is 18.4 Å². The number of carbonyl (C=O) groups is 3. The number of hydrogen-bond acceptors (Lipinski definition) is 7. The zero-order chi connectivity index (χ0) is 28.1. The highest BCUT2D eigenvalue weighted by Crippen LogP contribution is 2.37. The van der Waals surface area contributed by atoms with Gasteiger partial charge in [0, 0.05) is 26.2 Å². The highest BCUT2D eigenvalue weighted by atomic mass is 32.1. The second-order valence-electron chi connectivity index (χ2n) is 10.6. The third kappa shape index (κ3) is 6.04. The molecular formula is C29H35N5O5S. The van der Waals surface area contributed by atoms with Crippen LogP contribution in [0.5, 0.6) is 5.75 Å². The Morgan fingerprint density at radius 3 is 2.67 bits per heavy atom. The minimum atomic E-state index is -0.574. The first-order valence-electron chi connectivity index (χ1n) is 13.9. The maximum Gasteiger partial charge on any atom is 0.262 e. The number of aryl methyl sites for hydroxylation is 1. The predicted molar refractivity (Wildman–Crippen MR) is 153 cm³/mol. The van der Waals surface area contributed by atoms with Crippen LogP contribution in [0.15, 0.2) is 40.8 Å². The number of fused-ring (bicyclic) bond motifs is 2. The minimum absolute atomic E-state index is 0.0121. The average molecular weight is 566 g/mol. The Balaban J connectivity index is 1.21. The summed E-state index contributed by atoms with van der Waals surface area (Å²) in [5, 5.41) is 8.42. The highest BCUT2D eigenvalue weighted by Gasteiger charge is 2.41. The number of piperidine rings is 1. The van der Waals surface area contributed by atoms with Gasteiger partial charge in [-0.25, -0.2) is 4.98 Å². The normalized spacial score (nSPS) is 18.7. The van der Waals surface area contributed by atoms with Crippen molar-refractivity contribution in [3.8, 4) is 5.75 Å². The summed E-state index contributed by atoms with van der Waals surface area (Å²) in [4.78, 5) is 58.7. The molecule has 3 amide bonds. The van der Waals surface area contributed by atoms with Crippen LogP contribution in [-0.2, 0) is 16.1 Å². The molecule has 2 aliphatic rings. The highest BCUT2D eigenvalue weighted by molar-refractivity contribution is 7.16. The summed E-state index contributed by atoms with van der Waals surface area (Å²) in [6.45, 7) is 4.14. The number of benzene rings is 1. The number of carbonyl (C=O) groups excluding carboxylic acids is 3. The zero-order valence-electron chi connectivity index (χ0n) is 22.7. The van der Waals surface area contributed by atoms with Gasteiger partial charge in [0.2, 0.25) is 11.8 Å². The molecule has 212 valence electrons. The van der Waals surface area contributed by atoms with Crippen LogP contribution in [-0.4, -0.2) is 65.0 Å². The standard InChI is InChI=1S/C29H35N5O5S/c1-20-5-6-21-23(17-20)39-15-4-12-31-28(38)29(8-2-3-11-30-25(21)36)9-13-33(14-10-29)24(35)18-34-19-32-26-22(27(34)37)7-16-40-26/h5-7,16-17,19H,2-4,8-15,18H2,1H3,(H,30,36)(H,31,38). The van der Waals surface area contributed by atoms with Gasteiger partial charge in [0.05, 0.1) is 29.3 Å². The van der Waals surface area contributed by atoms with Crippen molar-refractivity contribution in [3.63, 3.8) is 0 Å². The molecule has 0 unspecified atom stereocenters. The summed E-state index contributed by atoms with van der Waals surface area (Å²) in [5.41, 5.74) is 0.738. The number of thiophene rings is 1. The molecule has 5 rings (SSSR count). The number of likely N-dealkylation sites (tertiary alicyclic amines) is 1. The quantitative estimate of drug-likeness (QED) is 0.493. The number of hydrogen-bond donors (Lipinski definition) is 2. The first-order valence-corrected chi connectivity index (χ1v) is 14.7. The molecule has 0 bridgehead atoms. The van der Waals surface area contributed by atoms with Crippen LogP contribution < -0.4 is 20.9 Å². The van der Waals surface area contributed by atoms with E-state index in [9.17, 15) is 19.2 Å². The lowest BCUT2D eigenvalue weighted by molar-refractivity contribution is -0.141. The second kappa shape index (κ2) is 12.2. The molecule has 4 heterocycles. The van der Waals surface area contributed by atoms with Gasteiger partial charge in [-0.15, -0.1) is 11.3 Å². The molecule has 2 N–H and O–H groups in total. The second-order valence-corrected chi connectivity index (χ2v) is 11.5. The number of amides is 3. The topological polar surface area (TPSA) is 123 Å². The molecule has 0 atom stereocenters. The first-order chi connectivity index (χ1) is 19.4. The van der Waals surface area contributed by atoms with Crippen molar-refractivity contribution in [2.24, 2.45) is 5.41 Å². The molecule has 1 spiro atoms. The SMILES string of the molecule is Cc1ccc2c(c1)OCCCNC(=O)C1(CCCCNC2=O)CCN(C(=O)Cn2cnc3sccc3c2=O)CC1. The zero-order valence-corrected chi connectivity index (χ0v) is 23.6. The van der Waals surface area contributed by atoms with Crippen LogP contribution >= 0.6 is 11.3 Å². The van der Waals surface area contributed by atoms with Gasteiger partial charge in [-0.2, -0.15) is 0 Å². The van der Waals surface area contributed by atoms with Crippen LogP contribution in [0.4, 0.5) is 0 Å². The molecule has 40 heavy (non-hydrogen) atoms. The summed E-state index contributed by atoms with van der Waals surface area (Å²) in [6.07, 6.45) is 5.34. The van der Waals surface area contributed by atoms with Gasteiger partial charge in [0.15, 0.2) is 0 Å². The van der Waals surface area contributed by atoms with E-state index in [1.54, 1.807) is 17.0 Å². The van der Waals surface area contributed by atoms with E-state index in [4.69, 9.17) is 4.74 Å². The van der Waals surface area contributed by atoms with Crippen LogP contribution in [0.25, 0.3) is 10.2 Å². The van der Waals surface area contributed by atoms with Crippen molar-refractivity contribution in [1.29, 1.82) is 0 Å². The molecule has 1 aromatic carbocycles. The largest absolute Gasteiger partial charge is 0.493 e. The number of nitrogens with one attached hydrogen (secondary N) is 2. The summed E-state index contributed by atoms with van der Waals surface area (Å²) in [5.74, 6) is 0.257. The fourth-order valence-electron chi connectivity index (χ4n) is 5.49. The van der Waals surface area contributed by atoms with Crippen LogP contribution in [0.2, 0.25) is 0 Å². The van der Waals surface area contributed by atoms with Crippen molar-refractivity contribution in [2.45, 2.75) is 52.0 Å². The maximum atomic E-state index is 13.5. The van der Waals surface area contributed by atoms with E-state index >= 15 is 0 Å². The van der Waals surface area contributed by atoms with Crippen molar-refractivity contribution in [3.05, 3.63) is 57.5 Å². The lowest BCUT2D eigenvalue weighted by Crippen LogP contribution is -2.51. The average Bonchev–Trinajstić information content (AvgIpc) is 3.43. The number of ether oxygens (including phenoxy) is 1. The molecule has 0 aliphatic carbocycles. The van der Waals surface area contributed by atoms with Crippen LogP contribution in [0, 0.1) is 12.3 Å². The molecule has 10 nitrogen and oxygen atoms in total. The Kier molecular flexibility index (Phi) is 8.49. The van der Waals surface area contributed by atoms with Crippen molar-refractivity contribution in [1.82, 2.24) is 25.1 Å². The Bertz CT molecular complexity index is 1460. The van der Waals surface area contributed by atoms with Gasteiger partial charge < -0.3 is 20.3 Å².